The zero-order valence-corrected chi connectivity index (χ0v) is 39.6. The van der Waals surface area contributed by atoms with E-state index in [4.69, 9.17) is 18.3 Å². The second kappa shape index (κ2) is 22.2. The molecule has 0 fully saturated rings. The number of oxazole rings is 2. The summed E-state index contributed by atoms with van der Waals surface area (Å²) in [4.78, 5) is 21.3. The summed E-state index contributed by atoms with van der Waals surface area (Å²) in [6, 6.07) is 52.2. The molecule has 16 nitrogen and oxygen atoms in total. The van der Waals surface area contributed by atoms with Gasteiger partial charge in [0.05, 0.1) is 41.7 Å². The van der Waals surface area contributed by atoms with Crippen molar-refractivity contribution in [2.45, 2.75) is 45.8 Å². The van der Waals surface area contributed by atoms with Crippen molar-refractivity contribution < 1.29 is 38.4 Å². The number of aromatic nitrogens is 8. The Morgan fingerprint density at radius 2 is 1.00 bits per heavy atom. The molecule has 10 rings (SSSR count). The third kappa shape index (κ3) is 11.0. The molecule has 2 atom stereocenters. The molecule has 0 aliphatic heterocycles. The van der Waals surface area contributed by atoms with Crippen molar-refractivity contribution in [2.24, 2.45) is 0 Å². The van der Waals surface area contributed by atoms with Gasteiger partial charge in [-0.2, -0.15) is 0 Å². The summed E-state index contributed by atoms with van der Waals surface area (Å²) in [7, 11) is 0. The number of ether oxygens (including phenoxy) is 2. The van der Waals surface area contributed by atoms with Gasteiger partial charge in [0.2, 0.25) is 11.8 Å². The molecule has 0 aliphatic carbocycles. The molecule has 4 aromatic heterocycles. The van der Waals surface area contributed by atoms with Gasteiger partial charge in [0.15, 0.2) is 5.69 Å². The van der Waals surface area contributed by atoms with Crippen LogP contribution in [0.5, 0.6) is 11.5 Å². The zero-order valence-electron chi connectivity index (χ0n) is 39.6. The van der Waals surface area contributed by atoms with Gasteiger partial charge in [-0.25, -0.2) is 24.1 Å². The SMILES string of the molecule is Cc1nnn(-c2ccccc2)c1C(O)c1cccc(OCCc2nc(-c3ccccc3)oc2C)c1.Cc1oc(-c2ccccc2)nc1CCOc1cccc(C(O)c2nnn(-c3ccccc3)c2C(=O)O)c1. The van der Waals surface area contributed by atoms with E-state index in [0.29, 0.717) is 77.5 Å². The second-order valence-electron chi connectivity index (χ2n) is 16.6. The van der Waals surface area contributed by atoms with Crippen molar-refractivity contribution in [1.29, 1.82) is 0 Å². The predicted molar refractivity (Wildman–Crippen MR) is 267 cm³/mol. The first-order valence-electron chi connectivity index (χ1n) is 23.2. The topological polar surface area (TPSA) is 210 Å². The molecular weight excluding hydrogens is 913 g/mol. The van der Waals surface area contributed by atoms with Crippen LogP contribution in [0.4, 0.5) is 0 Å². The maximum atomic E-state index is 12.0. The van der Waals surface area contributed by atoms with E-state index < -0.39 is 18.2 Å². The van der Waals surface area contributed by atoms with E-state index in [1.807, 2.05) is 142 Å². The van der Waals surface area contributed by atoms with E-state index in [1.165, 1.54) is 4.68 Å². The molecular formula is C56H50N8O8. The van der Waals surface area contributed by atoms with Crippen LogP contribution in [0.2, 0.25) is 0 Å². The number of hydrogen-bond acceptors (Lipinski definition) is 13. The Balaban J connectivity index is 0.000000178. The standard InChI is InChI=1S/C28H24N4O5.C28H26N4O3/c1-18-23(29-27(37-18)19-9-4-2-5-10-19)15-16-36-22-14-8-11-20(17-22)26(33)24-25(28(34)35)32(31-30-24)21-12-6-3-7-13-21;1-19-26(32(31-30-19)23-13-7-4-8-14-23)27(33)22-12-9-15-24(18-22)34-17-16-25-20(2)35-28(29-25)21-10-5-3-6-11-21/h2-14,17,26,33H,15-16H2,1H3,(H,34,35);3-15,18,27,33H,16-17H2,1-2H3. The average Bonchev–Trinajstić information content (AvgIpc) is 4.23. The molecule has 4 heterocycles. The van der Waals surface area contributed by atoms with Gasteiger partial charge < -0.3 is 33.6 Å². The van der Waals surface area contributed by atoms with Gasteiger partial charge in [0.1, 0.15) is 46.6 Å². The number of benzene rings is 6. The van der Waals surface area contributed by atoms with Crippen molar-refractivity contribution in [3.63, 3.8) is 0 Å². The molecule has 0 spiro atoms. The smallest absolute Gasteiger partial charge is 0.356 e. The summed E-state index contributed by atoms with van der Waals surface area (Å²) in [6.45, 7) is 6.40. The highest BCUT2D eigenvalue weighted by Gasteiger charge is 2.28. The Labute approximate surface area is 414 Å². The Kier molecular flexibility index (Phi) is 14.8. The summed E-state index contributed by atoms with van der Waals surface area (Å²) >= 11 is 0. The van der Waals surface area contributed by atoms with Crippen LogP contribution in [0, 0.1) is 20.8 Å². The van der Waals surface area contributed by atoms with Crippen LogP contribution in [0.3, 0.4) is 0 Å². The number of carbonyl (C=O) groups is 1. The highest BCUT2D eigenvalue weighted by Crippen LogP contribution is 2.31. The second-order valence-corrected chi connectivity index (χ2v) is 16.6. The summed E-state index contributed by atoms with van der Waals surface area (Å²) in [5.41, 5.74) is 7.07. The van der Waals surface area contributed by atoms with Gasteiger partial charge in [-0.15, -0.1) is 10.2 Å². The van der Waals surface area contributed by atoms with Crippen LogP contribution in [0.1, 0.15) is 73.8 Å². The molecule has 0 bridgehead atoms. The van der Waals surface area contributed by atoms with Gasteiger partial charge in [0, 0.05) is 24.0 Å². The molecule has 0 saturated heterocycles. The number of para-hydroxylation sites is 2. The maximum Gasteiger partial charge on any atom is 0.356 e. The largest absolute Gasteiger partial charge is 0.493 e. The number of aromatic carboxylic acids is 1. The number of nitrogens with zero attached hydrogens (tertiary/aromatic N) is 8. The number of hydrogen-bond donors (Lipinski definition) is 3. The van der Waals surface area contributed by atoms with Crippen LogP contribution in [0.15, 0.2) is 179 Å². The van der Waals surface area contributed by atoms with E-state index in [1.54, 1.807) is 53.2 Å². The van der Waals surface area contributed by atoms with Crippen LogP contribution < -0.4 is 9.47 Å². The minimum absolute atomic E-state index is 0.0554. The lowest BCUT2D eigenvalue weighted by Gasteiger charge is -2.15. The number of aliphatic hydroxyl groups excluding tert-OH is 2. The molecule has 362 valence electrons. The first-order valence-corrected chi connectivity index (χ1v) is 23.2. The average molecular weight is 963 g/mol. The first kappa shape index (κ1) is 48.1. The molecule has 2 unspecified atom stereocenters. The molecule has 3 N–H and O–H groups in total. The fourth-order valence-corrected chi connectivity index (χ4v) is 7.99. The normalized spacial score (nSPS) is 11.9. The highest BCUT2D eigenvalue weighted by atomic mass is 16.5. The molecule has 0 aliphatic rings. The van der Waals surface area contributed by atoms with Crippen LogP contribution in [-0.4, -0.2) is 74.5 Å². The Morgan fingerprint density at radius 3 is 1.49 bits per heavy atom. The summed E-state index contributed by atoms with van der Waals surface area (Å²) in [5, 5.41) is 48.4. The third-order valence-corrected chi connectivity index (χ3v) is 11.7. The van der Waals surface area contributed by atoms with Gasteiger partial charge in [-0.05, 0) is 105 Å². The number of carboxylic acid groups (broad SMARTS) is 1. The van der Waals surface area contributed by atoms with E-state index in [9.17, 15) is 20.1 Å². The quantitative estimate of drug-likeness (QED) is 0.0776. The third-order valence-electron chi connectivity index (χ3n) is 11.7. The van der Waals surface area contributed by atoms with Crippen LogP contribution in [-0.2, 0) is 12.8 Å². The van der Waals surface area contributed by atoms with Gasteiger partial charge in [-0.1, -0.05) is 107 Å². The fraction of sp³-hybridized carbons (Fsp3) is 0.161. The van der Waals surface area contributed by atoms with E-state index in [2.05, 4.69) is 30.6 Å². The first-order chi connectivity index (χ1) is 35.1. The van der Waals surface area contributed by atoms with E-state index >= 15 is 0 Å². The minimum atomic E-state index is -1.31. The highest BCUT2D eigenvalue weighted by molar-refractivity contribution is 5.88. The Morgan fingerprint density at radius 1 is 0.556 bits per heavy atom. The lowest BCUT2D eigenvalue weighted by Crippen LogP contribution is -2.13. The molecule has 0 radical (unpaired) electrons. The Hall–Kier alpha value is -8.99. The van der Waals surface area contributed by atoms with Crippen LogP contribution in [0.25, 0.3) is 34.3 Å². The number of rotatable bonds is 17. The minimum Gasteiger partial charge on any atom is -0.493 e. The van der Waals surface area contributed by atoms with Gasteiger partial charge in [-0.3, -0.25) is 0 Å². The van der Waals surface area contributed by atoms with Crippen molar-refractivity contribution in [2.75, 3.05) is 13.2 Å². The van der Waals surface area contributed by atoms with Crippen molar-refractivity contribution in [3.05, 3.63) is 227 Å². The summed E-state index contributed by atoms with van der Waals surface area (Å²) in [5.74, 6) is 2.64. The number of aryl methyl sites for hydroxylation is 3. The van der Waals surface area contributed by atoms with Crippen molar-refractivity contribution in [3.8, 4) is 45.8 Å². The summed E-state index contributed by atoms with van der Waals surface area (Å²) in [6.07, 6.45) is -1.07. The van der Waals surface area contributed by atoms with Crippen molar-refractivity contribution in [1.82, 2.24) is 40.0 Å². The van der Waals surface area contributed by atoms with Crippen molar-refractivity contribution >= 4 is 5.97 Å². The molecule has 72 heavy (non-hydrogen) atoms. The molecule has 6 aromatic carbocycles. The molecule has 0 saturated carbocycles. The molecule has 16 heteroatoms. The van der Waals surface area contributed by atoms with E-state index in [-0.39, 0.29) is 11.4 Å². The zero-order chi connectivity index (χ0) is 50.0. The van der Waals surface area contributed by atoms with Crippen LogP contribution >= 0.6 is 0 Å². The molecule has 10 aromatic rings. The molecule has 0 amide bonds. The van der Waals surface area contributed by atoms with Gasteiger partial charge >= 0.3 is 5.97 Å². The number of carboxylic acids is 1. The summed E-state index contributed by atoms with van der Waals surface area (Å²) < 4.78 is 26.4. The lowest BCUT2D eigenvalue weighted by atomic mass is 10.0. The lowest BCUT2D eigenvalue weighted by molar-refractivity contribution is 0.0681. The van der Waals surface area contributed by atoms with E-state index in [0.717, 1.165) is 39.7 Å². The maximum absolute atomic E-state index is 12.0. The Bertz CT molecular complexity index is 3370. The monoisotopic (exact) mass is 962 g/mol. The fourth-order valence-electron chi connectivity index (χ4n) is 7.99. The number of aliphatic hydroxyl groups is 2. The predicted octanol–water partition coefficient (Wildman–Crippen LogP) is 9.87. The van der Waals surface area contributed by atoms with Gasteiger partial charge in [0.25, 0.3) is 0 Å².